The van der Waals surface area contributed by atoms with Gasteiger partial charge >= 0.3 is 7.52 Å². The number of imidazole rings is 1. The fraction of sp³-hybridized carbons (Fsp3) is 0.478. The lowest BCUT2D eigenvalue weighted by molar-refractivity contribution is -0.148. The highest BCUT2D eigenvalue weighted by Crippen LogP contribution is 2.44. The average molecular weight is 492 g/mol. The Morgan fingerprint density at radius 1 is 1.06 bits per heavy atom. The van der Waals surface area contributed by atoms with Crippen LogP contribution in [0.2, 0.25) is 0 Å². The summed E-state index contributed by atoms with van der Waals surface area (Å²) in [5.41, 5.74) is 7.85. The van der Waals surface area contributed by atoms with E-state index >= 15 is 0 Å². The number of hydrogen-bond acceptors (Lipinski definition) is 8. The second kappa shape index (κ2) is 12.3. The van der Waals surface area contributed by atoms with Crippen LogP contribution in [0.25, 0.3) is 11.2 Å². The van der Waals surface area contributed by atoms with Crippen molar-refractivity contribution in [2.45, 2.75) is 52.7 Å². The van der Waals surface area contributed by atoms with Gasteiger partial charge in [-0.1, -0.05) is 18.2 Å². The van der Waals surface area contributed by atoms with E-state index in [1.165, 1.54) is 0 Å². The SMILES string of the molecule is CCOC(OCC)[C@H](C)NP(=O)(CO[C@H](C)Cn1cnc2c(N)ccnc21)Oc1ccccc1. The molecule has 3 aromatic rings. The van der Waals surface area contributed by atoms with Crippen molar-refractivity contribution in [3.63, 3.8) is 0 Å². The number of aromatic nitrogens is 3. The van der Waals surface area contributed by atoms with Crippen molar-refractivity contribution in [3.05, 3.63) is 48.9 Å². The summed E-state index contributed by atoms with van der Waals surface area (Å²) >= 11 is 0. The number of nitrogens with one attached hydrogen (secondary N) is 1. The number of hydrogen-bond donors (Lipinski definition) is 2. The van der Waals surface area contributed by atoms with Gasteiger partial charge in [0.15, 0.2) is 11.9 Å². The van der Waals surface area contributed by atoms with E-state index in [2.05, 4.69) is 15.1 Å². The van der Waals surface area contributed by atoms with E-state index in [0.29, 0.717) is 42.4 Å². The Bertz CT molecular complexity index is 1070. The van der Waals surface area contributed by atoms with E-state index in [4.69, 9.17) is 24.5 Å². The molecule has 186 valence electrons. The largest absolute Gasteiger partial charge is 0.431 e. The maximum atomic E-state index is 13.9. The minimum atomic E-state index is -3.49. The Balaban J connectivity index is 1.71. The number of benzene rings is 1. The predicted molar refractivity (Wildman–Crippen MR) is 132 cm³/mol. The van der Waals surface area contributed by atoms with Crippen molar-refractivity contribution < 1.29 is 23.3 Å². The van der Waals surface area contributed by atoms with Crippen molar-refractivity contribution in [2.75, 3.05) is 25.3 Å². The normalized spacial score (nSPS) is 15.3. The predicted octanol–water partition coefficient (Wildman–Crippen LogP) is 4.03. The lowest BCUT2D eigenvalue weighted by Gasteiger charge is -2.29. The second-order valence-corrected chi connectivity index (χ2v) is 9.90. The van der Waals surface area contributed by atoms with Crippen molar-refractivity contribution >= 4 is 24.4 Å². The molecule has 0 saturated carbocycles. The molecule has 10 nitrogen and oxygen atoms in total. The molecule has 1 aromatic carbocycles. The van der Waals surface area contributed by atoms with Crippen LogP contribution in [0.3, 0.4) is 0 Å². The van der Waals surface area contributed by atoms with Crippen LogP contribution in [0.1, 0.15) is 27.7 Å². The Morgan fingerprint density at radius 2 is 1.76 bits per heavy atom. The first-order valence-corrected chi connectivity index (χ1v) is 13.2. The van der Waals surface area contributed by atoms with E-state index < -0.39 is 19.9 Å². The van der Waals surface area contributed by atoms with E-state index in [9.17, 15) is 4.57 Å². The average Bonchev–Trinajstić information content (AvgIpc) is 3.22. The number of ether oxygens (including phenoxy) is 3. The molecule has 0 bridgehead atoms. The van der Waals surface area contributed by atoms with Crippen molar-refractivity contribution in [3.8, 4) is 5.75 Å². The molecule has 1 unspecified atom stereocenters. The molecular formula is C23H34N5O5P. The number of nitrogens with two attached hydrogens (primary N) is 1. The zero-order valence-electron chi connectivity index (χ0n) is 20.1. The van der Waals surface area contributed by atoms with Gasteiger partial charge in [0.2, 0.25) is 0 Å². The quantitative estimate of drug-likeness (QED) is 0.254. The molecule has 0 aliphatic heterocycles. The number of para-hydroxylation sites is 1. The van der Waals surface area contributed by atoms with E-state index in [0.717, 1.165) is 0 Å². The first kappa shape index (κ1) is 26.1. The zero-order chi connectivity index (χ0) is 24.6. The number of nitrogen functional groups attached to an aromatic ring is 1. The fourth-order valence-corrected chi connectivity index (χ4v) is 5.28. The molecule has 0 amide bonds. The second-order valence-electron chi connectivity index (χ2n) is 7.85. The number of fused-ring (bicyclic) bond motifs is 1. The first-order valence-electron chi connectivity index (χ1n) is 11.4. The minimum absolute atomic E-state index is 0.152. The van der Waals surface area contributed by atoms with Gasteiger partial charge in [-0.05, 0) is 45.9 Å². The molecule has 3 N–H and O–H groups in total. The fourth-order valence-electron chi connectivity index (χ4n) is 3.45. The van der Waals surface area contributed by atoms with Gasteiger partial charge in [0.05, 0.1) is 30.7 Å². The summed E-state index contributed by atoms with van der Waals surface area (Å²) in [5.74, 6) is 0.478. The first-order chi connectivity index (χ1) is 16.3. The molecule has 0 saturated heterocycles. The third-order valence-corrected chi connectivity index (χ3v) is 6.78. The van der Waals surface area contributed by atoms with Gasteiger partial charge in [0, 0.05) is 19.4 Å². The number of anilines is 1. The van der Waals surface area contributed by atoms with Gasteiger partial charge < -0.3 is 29.0 Å². The van der Waals surface area contributed by atoms with Gasteiger partial charge in [-0.2, -0.15) is 0 Å². The number of pyridine rings is 1. The van der Waals surface area contributed by atoms with E-state index in [1.54, 1.807) is 30.7 Å². The van der Waals surface area contributed by atoms with Crippen LogP contribution in [0.5, 0.6) is 5.75 Å². The summed E-state index contributed by atoms with van der Waals surface area (Å²) in [4.78, 5) is 8.69. The summed E-state index contributed by atoms with van der Waals surface area (Å²) in [6.45, 7) is 8.87. The molecule has 3 rings (SSSR count). The molecule has 2 heterocycles. The lowest BCUT2D eigenvalue weighted by Crippen LogP contribution is -2.41. The summed E-state index contributed by atoms with van der Waals surface area (Å²) in [6, 6.07) is 10.3. The van der Waals surface area contributed by atoms with E-state index in [1.807, 2.05) is 50.5 Å². The highest BCUT2D eigenvalue weighted by atomic mass is 31.2. The monoisotopic (exact) mass is 491 g/mol. The maximum Gasteiger partial charge on any atom is 0.342 e. The molecule has 0 aliphatic carbocycles. The Labute approximate surface area is 200 Å². The Morgan fingerprint density at radius 3 is 2.44 bits per heavy atom. The molecule has 0 radical (unpaired) electrons. The van der Waals surface area contributed by atoms with Gasteiger partial charge in [0.1, 0.15) is 17.6 Å². The van der Waals surface area contributed by atoms with Crippen molar-refractivity contribution in [1.82, 2.24) is 19.6 Å². The van der Waals surface area contributed by atoms with Gasteiger partial charge in [-0.3, -0.25) is 4.57 Å². The number of rotatable bonds is 14. The topological polar surface area (TPSA) is 123 Å². The third kappa shape index (κ3) is 7.01. The molecule has 34 heavy (non-hydrogen) atoms. The summed E-state index contributed by atoms with van der Waals surface area (Å²) in [6.07, 6.45) is 2.28. The van der Waals surface area contributed by atoms with Crippen LogP contribution in [0.15, 0.2) is 48.9 Å². The smallest absolute Gasteiger partial charge is 0.342 e. The number of nitrogens with zero attached hydrogens (tertiary/aromatic N) is 3. The zero-order valence-corrected chi connectivity index (χ0v) is 21.0. The molecule has 3 atom stereocenters. The van der Waals surface area contributed by atoms with Crippen LogP contribution in [0, 0.1) is 0 Å². The highest BCUT2D eigenvalue weighted by molar-refractivity contribution is 7.57. The van der Waals surface area contributed by atoms with Gasteiger partial charge in [0.25, 0.3) is 0 Å². The lowest BCUT2D eigenvalue weighted by atomic mass is 10.3. The van der Waals surface area contributed by atoms with Crippen LogP contribution < -0.4 is 15.3 Å². The van der Waals surface area contributed by atoms with Crippen LogP contribution in [-0.4, -0.2) is 52.5 Å². The van der Waals surface area contributed by atoms with Gasteiger partial charge in [-0.15, -0.1) is 0 Å². The molecule has 2 aromatic heterocycles. The summed E-state index contributed by atoms with van der Waals surface area (Å²) < 4.78 is 38.9. The van der Waals surface area contributed by atoms with E-state index in [-0.39, 0.29) is 12.5 Å². The van der Waals surface area contributed by atoms with Crippen LogP contribution in [-0.2, 0) is 25.3 Å². The molecule has 11 heteroatoms. The highest BCUT2D eigenvalue weighted by Gasteiger charge is 2.32. The Hall–Kier alpha value is -2.49. The summed E-state index contributed by atoms with van der Waals surface area (Å²) in [5, 5.41) is 3.07. The third-order valence-electron chi connectivity index (χ3n) is 4.98. The van der Waals surface area contributed by atoms with Gasteiger partial charge in [-0.25, -0.2) is 15.1 Å². The molecule has 0 aliphatic rings. The molecule has 0 fully saturated rings. The minimum Gasteiger partial charge on any atom is -0.431 e. The summed E-state index contributed by atoms with van der Waals surface area (Å²) in [7, 11) is -3.49. The van der Waals surface area contributed by atoms with Crippen LogP contribution in [0.4, 0.5) is 5.69 Å². The maximum absolute atomic E-state index is 13.9. The molecular weight excluding hydrogens is 457 g/mol. The Kier molecular flexibility index (Phi) is 9.44. The standard InChI is InChI=1S/C23H34N5O5P/c1-5-30-23(31-6-2)18(4)27-34(29,33-19-10-8-7-9-11-19)16-32-17(3)14-28-15-26-21-20(24)12-13-25-22(21)28/h7-13,15,17-18,23H,5-6,14,16H2,1-4H3,(H2,24,25)(H,27,29)/t17-,18+,34?/m1/s1. The molecule has 0 spiro atoms. The van der Waals surface area contributed by atoms with Crippen molar-refractivity contribution in [1.29, 1.82) is 0 Å². The van der Waals surface area contributed by atoms with Crippen LogP contribution >= 0.6 is 7.52 Å². The van der Waals surface area contributed by atoms with Crippen molar-refractivity contribution in [2.24, 2.45) is 0 Å².